The van der Waals surface area contributed by atoms with E-state index in [9.17, 15) is 14.4 Å². The van der Waals surface area contributed by atoms with Gasteiger partial charge >= 0.3 is 5.97 Å². The number of carbonyl (C=O) groups is 2. The van der Waals surface area contributed by atoms with E-state index in [0.717, 1.165) is 42.6 Å². The molecule has 1 fully saturated rings. The number of thiazole rings is 1. The quantitative estimate of drug-likeness (QED) is 0.240. The molecule has 0 saturated carbocycles. The lowest BCUT2D eigenvalue weighted by Gasteiger charge is -2.25. The van der Waals surface area contributed by atoms with E-state index in [4.69, 9.17) is 19.2 Å². The number of likely N-dealkylation sites (tertiary alicyclic amines) is 1. The number of fused-ring (bicyclic) bond motifs is 1. The number of benzene rings is 3. The number of esters is 1. The third-order valence-corrected chi connectivity index (χ3v) is 8.85. The standard InChI is InChI=1S/C36H35N3O6S/c1-3-43-28-21-24(17-18-27(28)45-23-30(40)38-19-11-12-20-38)22-29-34(41)39-33(26-15-9-6-10-16-26)31(35(42)44-4-2)32(37-36(39)46-29)25-13-7-5-8-14-25/h5-10,13-18,21-22,33H,3-4,11-12,19-20,23H2,1-2H3/b29-22+/t33-/m0/s1. The molecular weight excluding hydrogens is 602 g/mol. The molecule has 0 bridgehead atoms. The van der Waals surface area contributed by atoms with Crippen molar-refractivity contribution in [2.45, 2.75) is 32.7 Å². The van der Waals surface area contributed by atoms with Gasteiger partial charge in [0.1, 0.15) is 0 Å². The van der Waals surface area contributed by atoms with Crippen LogP contribution in [0.25, 0.3) is 11.8 Å². The van der Waals surface area contributed by atoms with Crippen molar-refractivity contribution in [2.24, 2.45) is 4.99 Å². The van der Waals surface area contributed by atoms with Gasteiger partial charge in [-0.2, -0.15) is 0 Å². The van der Waals surface area contributed by atoms with Gasteiger partial charge < -0.3 is 19.1 Å². The fourth-order valence-electron chi connectivity index (χ4n) is 5.74. The molecule has 236 valence electrons. The summed E-state index contributed by atoms with van der Waals surface area (Å²) in [5.41, 5.74) is 2.75. The van der Waals surface area contributed by atoms with Crippen LogP contribution in [0.5, 0.6) is 11.5 Å². The van der Waals surface area contributed by atoms with E-state index in [2.05, 4.69) is 0 Å². The Hall–Kier alpha value is -4.96. The third-order valence-electron chi connectivity index (χ3n) is 7.86. The molecule has 0 unspecified atom stereocenters. The summed E-state index contributed by atoms with van der Waals surface area (Å²) in [6.07, 6.45) is 3.81. The Morgan fingerprint density at radius 2 is 1.63 bits per heavy atom. The number of hydrogen-bond acceptors (Lipinski definition) is 8. The molecule has 46 heavy (non-hydrogen) atoms. The van der Waals surface area contributed by atoms with Crippen LogP contribution < -0.4 is 24.4 Å². The Balaban J connectivity index is 1.44. The molecule has 3 aromatic carbocycles. The van der Waals surface area contributed by atoms with Gasteiger partial charge in [-0.3, -0.25) is 14.2 Å². The molecular formula is C36H35N3O6S. The van der Waals surface area contributed by atoms with Crippen LogP contribution in [0.4, 0.5) is 0 Å². The highest BCUT2D eigenvalue weighted by molar-refractivity contribution is 7.07. The second kappa shape index (κ2) is 14.0. The van der Waals surface area contributed by atoms with Crippen molar-refractivity contribution in [3.63, 3.8) is 0 Å². The number of hydrogen-bond donors (Lipinski definition) is 0. The van der Waals surface area contributed by atoms with Crippen LogP contribution in [-0.4, -0.2) is 54.3 Å². The number of ether oxygens (including phenoxy) is 3. The predicted octanol–water partition coefficient (Wildman–Crippen LogP) is 4.34. The van der Waals surface area contributed by atoms with E-state index in [1.807, 2.05) is 78.6 Å². The Morgan fingerprint density at radius 3 is 2.33 bits per heavy atom. The highest BCUT2D eigenvalue weighted by Gasteiger charge is 2.35. The highest BCUT2D eigenvalue weighted by atomic mass is 32.1. The van der Waals surface area contributed by atoms with Gasteiger partial charge in [-0.1, -0.05) is 78.1 Å². The summed E-state index contributed by atoms with van der Waals surface area (Å²) in [5, 5.41) is 0. The first-order chi connectivity index (χ1) is 22.5. The Morgan fingerprint density at radius 1 is 0.913 bits per heavy atom. The molecule has 0 aliphatic carbocycles. The van der Waals surface area contributed by atoms with Gasteiger partial charge in [-0.15, -0.1) is 0 Å². The van der Waals surface area contributed by atoms with Crippen LogP contribution in [-0.2, 0) is 14.3 Å². The van der Waals surface area contributed by atoms with E-state index >= 15 is 0 Å². The van der Waals surface area contributed by atoms with Crippen molar-refractivity contribution in [3.8, 4) is 11.5 Å². The van der Waals surface area contributed by atoms with E-state index in [-0.39, 0.29) is 24.7 Å². The second-order valence-electron chi connectivity index (χ2n) is 10.9. The summed E-state index contributed by atoms with van der Waals surface area (Å²) in [7, 11) is 0. The Labute approximate surface area is 270 Å². The molecule has 0 N–H and O–H groups in total. The third kappa shape index (κ3) is 6.39. The molecule has 0 radical (unpaired) electrons. The zero-order valence-electron chi connectivity index (χ0n) is 25.8. The normalized spacial score (nSPS) is 16.2. The van der Waals surface area contributed by atoms with Crippen LogP contribution in [0.2, 0.25) is 0 Å². The number of aromatic nitrogens is 1. The van der Waals surface area contributed by atoms with Crippen molar-refractivity contribution in [2.75, 3.05) is 32.9 Å². The number of amides is 1. The van der Waals surface area contributed by atoms with Crippen molar-refractivity contribution < 1.29 is 23.8 Å². The first-order valence-corrected chi connectivity index (χ1v) is 16.3. The van der Waals surface area contributed by atoms with Gasteiger partial charge in [0, 0.05) is 18.7 Å². The second-order valence-corrected chi connectivity index (χ2v) is 11.9. The monoisotopic (exact) mass is 637 g/mol. The summed E-state index contributed by atoms with van der Waals surface area (Å²) in [4.78, 5) is 47.5. The summed E-state index contributed by atoms with van der Waals surface area (Å²) < 4.78 is 19.3. The van der Waals surface area contributed by atoms with Crippen LogP contribution in [0.3, 0.4) is 0 Å². The molecule has 1 atom stereocenters. The highest BCUT2D eigenvalue weighted by Crippen LogP contribution is 2.35. The summed E-state index contributed by atoms with van der Waals surface area (Å²) >= 11 is 1.25. The first kappa shape index (κ1) is 31.0. The first-order valence-electron chi connectivity index (χ1n) is 15.5. The van der Waals surface area contributed by atoms with Crippen molar-refractivity contribution >= 4 is 35.0 Å². The van der Waals surface area contributed by atoms with Crippen LogP contribution in [0.1, 0.15) is 49.4 Å². The zero-order chi connectivity index (χ0) is 32.0. The van der Waals surface area contributed by atoms with Crippen molar-refractivity contribution in [1.82, 2.24) is 9.47 Å². The number of carbonyl (C=O) groups excluding carboxylic acids is 2. The van der Waals surface area contributed by atoms with Crippen molar-refractivity contribution in [1.29, 1.82) is 0 Å². The maximum absolute atomic E-state index is 14.2. The predicted molar refractivity (Wildman–Crippen MR) is 176 cm³/mol. The molecule has 10 heteroatoms. The lowest BCUT2D eigenvalue weighted by atomic mass is 9.93. The van der Waals surface area contributed by atoms with Crippen LogP contribution in [0.15, 0.2) is 94.2 Å². The largest absolute Gasteiger partial charge is 0.490 e. The smallest absolute Gasteiger partial charge is 0.338 e. The topological polar surface area (TPSA) is 99.4 Å². The molecule has 6 rings (SSSR count). The SMILES string of the molecule is CCOC(=O)C1=C(c2ccccc2)N=c2s/c(=C/c3ccc(OCC(=O)N4CCCC4)c(OCC)c3)c(=O)n2[C@H]1c1ccccc1. The van der Waals surface area contributed by atoms with E-state index < -0.39 is 12.0 Å². The molecule has 2 aliphatic rings. The molecule has 9 nitrogen and oxygen atoms in total. The lowest BCUT2D eigenvalue weighted by molar-refractivity contribution is -0.139. The number of rotatable bonds is 10. The lowest BCUT2D eigenvalue weighted by Crippen LogP contribution is -2.39. The summed E-state index contributed by atoms with van der Waals surface area (Å²) in [5.74, 6) is 0.378. The van der Waals surface area contributed by atoms with Crippen LogP contribution in [0, 0.1) is 0 Å². The van der Waals surface area contributed by atoms with E-state index in [1.54, 1.807) is 29.7 Å². The molecule has 3 heterocycles. The molecule has 1 amide bonds. The molecule has 2 aliphatic heterocycles. The van der Waals surface area contributed by atoms with E-state index in [0.29, 0.717) is 38.7 Å². The van der Waals surface area contributed by atoms with Gasteiger partial charge in [-0.25, -0.2) is 9.79 Å². The van der Waals surface area contributed by atoms with Crippen molar-refractivity contribution in [3.05, 3.63) is 121 Å². The minimum atomic E-state index is -0.739. The van der Waals surface area contributed by atoms with Gasteiger partial charge in [0.2, 0.25) is 0 Å². The number of nitrogens with zero attached hydrogens (tertiary/aromatic N) is 3. The molecule has 1 saturated heterocycles. The average molecular weight is 638 g/mol. The maximum Gasteiger partial charge on any atom is 0.338 e. The molecule has 0 spiro atoms. The van der Waals surface area contributed by atoms with Gasteiger partial charge in [-0.05, 0) is 56.0 Å². The van der Waals surface area contributed by atoms with E-state index in [1.165, 1.54) is 11.3 Å². The zero-order valence-corrected chi connectivity index (χ0v) is 26.6. The molecule has 4 aromatic rings. The van der Waals surface area contributed by atoms with Gasteiger partial charge in [0.25, 0.3) is 11.5 Å². The molecule has 1 aromatic heterocycles. The Bertz CT molecular complexity index is 1940. The van der Waals surface area contributed by atoms with Gasteiger partial charge in [0.15, 0.2) is 22.9 Å². The summed E-state index contributed by atoms with van der Waals surface area (Å²) in [6, 6.07) is 23.6. The fraction of sp³-hybridized carbons (Fsp3) is 0.278. The average Bonchev–Trinajstić information content (AvgIpc) is 3.73. The van der Waals surface area contributed by atoms with Gasteiger partial charge in [0.05, 0.1) is 35.1 Å². The maximum atomic E-state index is 14.2. The minimum absolute atomic E-state index is 0.0461. The minimum Gasteiger partial charge on any atom is -0.490 e. The van der Waals surface area contributed by atoms with Crippen LogP contribution >= 0.6 is 11.3 Å². The Kier molecular flexibility index (Phi) is 9.44. The summed E-state index contributed by atoms with van der Waals surface area (Å²) in [6.45, 7) is 5.67. The fourth-order valence-corrected chi connectivity index (χ4v) is 6.74.